The van der Waals surface area contributed by atoms with Crippen LogP contribution in [0, 0.1) is 0 Å². The lowest BCUT2D eigenvalue weighted by Gasteiger charge is -2.02. The Kier molecular flexibility index (Phi) is 4.57. The molecule has 66 valence electrons. The average molecular weight is 237 g/mol. The van der Waals surface area contributed by atoms with E-state index in [2.05, 4.69) is 5.38 Å². The van der Waals surface area contributed by atoms with E-state index in [0.717, 1.165) is 10.6 Å². The Hall–Kier alpha value is 0.430. The Morgan fingerprint density at radius 2 is 2.08 bits per heavy atom. The van der Waals surface area contributed by atoms with E-state index in [-0.39, 0.29) is 0 Å². The summed E-state index contributed by atoms with van der Waals surface area (Å²) in [5, 5.41) is 4.97. The van der Waals surface area contributed by atoms with Gasteiger partial charge in [0, 0.05) is 5.56 Å². The second kappa shape index (κ2) is 5.22. The van der Waals surface area contributed by atoms with Gasteiger partial charge in [-0.2, -0.15) is 11.3 Å². The minimum absolute atomic E-state index is 0.872. The van der Waals surface area contributed by atoms with Crippen molar-refractivity contribution >= 4 is 51.5 Å². The van der Waals surface area contributed by atoms with Gasteiger partial charge in [-0.3, -0.25) is 0 Å². The van der Waals surface area contributed by atoms with Crippen molar-refractivity contribution in [2.75, 3.05) is 12.5 Å². The number of thiophene rings is 1. The molecule has 0 fully saturated rings. The second-order valence-electron chi connectivity index (χ2n) is 2.02. The van der Waals surface area contributed by atoms with Crippen LogP contribution in [0.4, 0.5) is 0 Å². The summed E-state index contributed by atoms with van der Waals surface area (Å²) >= 11 is 11.2. The van der Waals surface area contributed by atoms with Gasteiger partial charge in [0.1, 0.15) is 0 Å². The first-order chi connectivity index (χ1) is 5.79. The molecule has 1 aromatic heterocycles. The third-order valence-corrected chi connectivity index (χ3v) is 4.79. The minimum Gasteiger partial charge on any atom is -0.152 e. The van der Waals surface area contributed by atoms with Crippen molar-refractivity contribution in [1.82, 2.24) is 0 Å². The highest BCUT2D eigenvalue weighted by Gasteiger charge is 2.04. The Bertz CT molecular complexity index is 258. The van der Waals surface area contributed by atoms with Crippen LogP contribution in [-0.4, -0.2) is 12.5 Å². The molecule has 0 unspecified atom stereocenters. The van der Waals surface area contributed by atoms with Gasteiger partial charge >= 0.3 is 0 Å². The zero-order valence-electron chi connectivity index (χ0n) is 6.83. The molecule has 0 N–H and O–H groups in total. The molecular weight excluding hydrogens is 228 g/mol. The van der Waals surface area contributed by atoms with Gasteiger partial charge in [-0.1, -0.05) is 11.6 Å². The van der Waals surface area contributed by atoms with E-state index in [9.17, 15) is 0 Å². The van der Waals surface area contributed by atoms with Gasteiger partial charge < -0.3 is 0 Å². The van der Waals surface area contributed by atoms with Crippen LogP contribution in [0.5, 0.6) is 0 Å². The van der Waals surface area contributed by atoms with Crippen LogP contribution in [0.15, 0.2) is 21.1 Å². The predicted molar refractivity (Wildman–Crippen MR) is 64.1 cm³/mol. The van der Waals surface area contributed by atoms with Crippen LogP contribution in [0.25, 0.3) is 5.03 Å². The van der Waals surface area contributed by atoms with Gasteiger partial charge in [0.15, 0.2) is 0 Å². The molecule has 0 aromatic carbocycles. The molecule has 0 radical (unpaired) electrons. The fraction of sp³-hybridized carbons (Fsp3) is 0.250. The van der Waals surface area contributed by atoms with Crippen molar-refractivity contribution in [2.45, 2.75) is 0 Å². The highest BCUT2D eigenvalue weighted by atomic mass is 35.5. The van der Waals surface area contributed by atoms with Crippen molar-refractivity contribution in [1.29, 1.82) is 0 Å². The summed E-state index contributed by atoms with van der Waals surface area (Å²) in [5.74, 6) is 0. The molecule has 1 aromatic rings. The van der Waals surface area contributed by atoms with Crippen LogP contribution in [0.2, 0.25) is 0 Å². The second-order valence-corrected chi connectivity index (χ2v) is 5.07. The van der Waals surface area contributed by atoms with Gasteiger partial charge in [0.25, 0.3) is 0 Å². The predicted octanol–water partition coefficient (Wildman–Crippen LogP) is 4.34. The Labute approximate surface area is 90.4 Å². The molecular formula is C8H9ClS3. The molecule has 1 rings (SSSR count). The fourth-order valence-corrected chi connectivity index (χ4v) is 3.32. The van der Waals surface area contributed by atoms with Crippen molar-refractivity contribution in [3.8, 4) is 0 Å². The summed E-state index contributed by atoms with van der Waals surface area (Å²) in [7, 11) is 0. The highest BCUT2D eigenvalue weighted by Crippen LogP contribution is 2.35. The summed E-state index contributed by atoms with van der Waals surface area (Å²) in [6.07, 6.45) is 4.08. The summed E-state index contributed by atoms with van der Waals surface area (Å²) < 4.78 is 1.18. The SMILES string of the molecule is CSC(SC)=C(Cl)c1ccsc1. The smallest absolute Gasteiger partial charge is 0.0686 e. The van der Waals surface area contributed by atoms with Crippen molar-refractivity contribution in [2.24, 2.45) is 0 Å². The molecule has 0 aliphatic rings. The van der Waals surface area contributed by atoms with Crippen LogP contribution >= 0.6 is 46.5 Å². The molecule has 4 heteroatoms. The standard InChI is InChI=1S/C8H9ClS3/c1-10-8(11-2)7(9)6-3-4-12-5-6/h3-5H,1-2H3. The molecule has 0 aliphatic heterocycles. The monoisotopic (exact) mass is 236 g/mol. The van der Waals surface area contributed by atoms with E-state index < -0.39 is 0 Å². The molecule has 1 heterocycles. The van der Waals surface area contributed by atoms with E-state index in [1.165, 1.54) is 4.24 Å². The molecule has 12 heavy (non-hydrogen) atoms. The number of rotatable bonds is 3. The van der Waals surface area contributed by atoms with Crippen LogP contribution in [0.1, 0.15) is 5.56 Å². The van der Waals surface area contributed by atoms with Crippen LogP contribution < -0.4 is 0 Å². The molecule has 0 saturated heterocycles. The maximum atomic E-state index is 6.16. The summed E-state index contributed by atoms with van der Waals surface area (Å²) in [4.78, 5) is 0. The van der Waals surface area contributed by atoms with Gasteiger partial charge in [0.05, 0.1) is 9.27 Å². The quantitative estimate of drug-likeness (QED) is 0.766. The van der Waals surface area contributed by atoms with Gasteiger partial charge in [-0.05, 0) is 29.3 Å². The maximum absolute atomic E-state index is 6.16. The largest absolute Gasteiger partial charge is 0.152 e. The molecule has 0 amide bonds. The first-order valence-electron chi connectivity index (χ1n) is 3.30. The Balaban J connectivity index is 2.94. The molecule has 0 aliphatic carbocycles. The van der Waals surface area contributed by atoms with Crippen molar-refractivity contribution in [3.63, 3.8) is 0 Å². The average Bonchev–Trinajstić information content (AvgIpc) is 2.58. The lowest BCUT2D eigenvalue weighted by Crippen LogP contribution is -1.74. The van der Waals surface area contributed by atoms with Gasteiger partial charge in [0.2, 0.25) is 0 Å². The molecule has 0 nitrogen and oxygen atoms in total. The molecule has 0 bridgehead atoms. The molecule has 0 atom stereocenters. The fourth-order valence-electron chi connectivity index (χ4n) is 0.770. The van der Waals surface area contributed by atoms with Crippen LogP contribution in [-0.2, 0) is 0 Å². The lowest BCUT2D eigenvalue weighted by molar-refractivity contribution is 1.86. The zero-order chi connectivity index (χ0) is 8.97. The number of hydrogen-bond donors (Lipinski definition) is 0. The van der Waals surface area contributed by atoms with Crippen molar-refractivity contribution in [3.05, 3.63) is 26.6 Å². The Morgan fingerprint density at radius 1 is 1.42 bits per heavy atom. The van der Waals surface area contributed by atoms with Crippen LogP contribution in [0.3, 0.4) is 0 Å². The van der Waals surface area contributed by atoms with E-state index in [1.54, 1.807) is 34.9 Å². The highest BCUT2D eigenvalue weighted by molar-refractivity contribution is 8.22. The van der Waals surface area contributed by atoms with Gasteiger partial charge in [-0.25, -0.2) is 0 Å². The summed E-state index contributed by atoms with van der Waals surface area (Å²) in [5.41, 5.74) is 1.13. The van der Waals surface area contributed by atoms with Crippen molar-refractivity contribution < 1.29 is 0 Å². The zero-order valence-corrected chi connectivity index (χ0v) is 10.0. The van der Waals surface area contributed by atoms with E-state index in [4.69, 9.17) is 11.6 Å². The lowest BCUT2D eigenvalue weighted by atomic mass is 10.3. The van der Waals surface area contributed by atoms with E-state index in [1.807, 2.05) is 24.0 Å². The summed E-state index contributed by atoms with van der Waals surface area (Å²) in [6.45, 7) is 0. The maximum Gasteiger partial charge on any atom is 0.0686 e. The summed E-state index contributed by atoms with van der Waals surface area (Å²) in [6, 6.07) is 2.04. The first-order valence-corrected chi connectivity index (χ1v) is 7.07. The van der Waals surface area contributed by atoms with Gasteiger partial charge in [-0.15, -0.1) is 23.5 Å². The van der Waals surface area contributed by atoms with E-state index >= 15 is 0 Å². The topological polar surface area (TPSA) is 0 Å². The number of thioether (sulfide) groups is 2. The normalized spacial score (nSPS) is 9.92. The van der Waals surface area contributed by atoms with E-state index in [0.29, 0.717) is 0 Å². The number of hydrogen-bond acceptors (Lipinski definition) is 3. The first kappa shape index (κ1) is 10.5. The number of halogens is 1. The Morgan fingerprint density at radius 3 is 2.50 bits per heavy atom. The molecule has 0 saturated carbocycles. The molecule has 0 spiro atoms. The minimum atomic E-state index is 0.872. The third-order valence-electron chi connectivity index (χ3n) is 1.32. The third kappa shape index (κ3) is 2.46.